The van der Waals surface area contributed by atoms with E-state index in [0.717, 1.165) is 32.2 Å². The molecule has 0 aromatic heterocycles. The van der Waals surface area contributed by atoms with E-state index < -0.39 is 6.61 Å². The van der Waals surface area contributed by atoms with Gasteiger partial charge in [0.1, 0.15) is 6.61 Å². The Hall–Kier alpha value is -1.10. The van der Waals surface area contributed by atoms with Crippen LogP contribution in [0.5, 0.6) is 0 Å². The topological polar surface area (TPSA) is 69.6 Å². The van der Waals surface area contributed by atoms with Crippen molar-refractivity contribution in [2.45, 2.75) is 39.0 Å². The molecule has 5 heteroatoms. The van der Waals surface area contributed by atoms with Gasteiger partial charge in [0.15, 0.2) is 0 Å². The minimum absolute atomic E-state index is 0.187. The lowest BCUT2D eigenvalue weighted by Crippen LogP contribution is -2.42. The number of amides is 2. The Morgan fingerprint density at radius 3 is 2.60 bits per heavy atom. The van der Waals surface area contributed by atoms with E-state index >= 15 is 0 Å². The Balaban J connectivity index is 1.62. The van der Waals surface area contributed by atoms with E-state index in [4.69, 9.17) is 5.11 Å². The van der Waals surface area contributed by atoms with Crippen molar-refractivity contribution in [3.8, 4) is 0 Å². The van der Waals surface area contributed by atoms with Crippen LogP contribution >= 0.6 is 0 Å². The van der Waals surface area contributed by atoms with E-state index in [0.29, 0.717) is 24.9 Å². The van der Waals surface area contributed by atoms with E-state index in [1.165, 1.54) is 6.42 Å². The molecule has 1 aliphatic carbocycles. The molecule has 1 saturated carbocycles. The van der Waals surface area contributed by atoms with Gasteiger partial charge in [0.05, 0.1) is 0 Å². The van der Waals surface area contributed by atoms with Gasteiger partial charge in [0.25, 0.3) is 0 Å². The van der Waals surface area contributed by atoms with E-state index in [9.17, 15) is 9.59 Å². The minimum Gasteiger partial charge on any atom is -0.387 e. The molecular formula is C15H26N2O3. The molecule has 0 aromatic rings. The second-order valence-corrected chi connectivity index (χ2v) is 6.12. The highest BCUT2D eigenvalue weighted by molar-refractivity contribution is 5.81. The Labute approximate surface area is 120 Å². The first-order valence-corrected chi connectivity index (χ1v) is 7.82. The highest BCUT2D eigenvalue weighted by Crippen LogP contribution is 2.42. The predicted octanol–water partition coefficient (Wildman–Crippen LogP) is 0.770. The molecule has 1 saturated heterocycles. The van der Waals surface area contributed by atoms with Gasteiger partial charge in [-0.25, -0.2) is 0 Å². The number of piperidine rings is 1. The quantitative estimate of drug-likeness (QED) is 0.756. The van der Waals surface area contributed by atoms with Crippen LogP contribution < -0.4 is 5.32 Å². The summed E-state index contributed by atoms with van der Waals surface area (Å²) in [7, 11) is 0. The fourth-order valence-electron chi connectivity index (χ4n) is 3.12. The molecule has 2 fully saturated rings. The Morgan fingerprint density at radius 1 is 1.30 bits per heavy atom. The van der Waals surface area contributed by atoms with E-state index in [1.807, 2.05) is 0 Å². The molecule has 1 aliphatic heterocycles. The third-order valence-corrected chi connectivity index (χ3v) is 4.59. The van der Waals surface area contributed by atoms with Crippen molar-refractivity contribution in [2.75, 3.05) is 26.2 Å². The molecule has 2 atom stereocenters. The maximum atomic E-state index is 11.9. The predicted molar refractivity (Wildman–Crippen MR) is 75.9 cm³/mol. The van der Waals surface area contributed by atoms with Crippen molar-refractivity contribution in [3.63, 3.8) is 0 Å². The third kappa shape index (κ3) is 3.95. The number of nitrogens with zero attached hydrogens (tertiary/aromatic N) is 1. The molecule has 2 aliphatic rings. The number of aliphatic hydroxyl groups excluding tert-OH is 1. The Kier molecular flexibility index (Phi) is 5.40. The van der Waals surface area contributed by atoms with Gasteiger partial charge in [-0.15, -0.1) is 0 Å². The standard InChI is InChI=1S/C15H26N2O3/c1-2-3-12-8-13(12)15(20)16-9-11-4-6-17(7-5-11)14(19)10-18/h11-13,18H,2-10H2,1H3,(H,16,20)/t12-,13+/m0/s1. The molecule has 0 radical (unpaired) electrons. The molecule has 0 unspecified atom stereocenters. The van der Waals surface area contributed by atoms with Crippen LogP contribution in [0.1, 0.15) is 39.0 Å². The molecule has 0 bridgehead atoms. The van der Waals surface area contributed by atoms with Crippen molar-refractivity contribution >= 4 is 11.8 Å². The minimum atomic E-state index is -0.401. The molecule has 20 heavy (non-hydrogen) atoms. The van der Waals surface area contributed by atoms with E-state index in [1.54, 1.807) is 4.90 Å². The average Bonchev–Trinajstić information content (AvgIpc) is 3.24. The first-order chi connectivity index (χ1) is 9.65. The van der Waals surface area contributed by atoms with Crippen LogP contribution in [-0.4, -0.2) is 48.1 Å². The largest absolute Gasteiger partial charge is 0.387 e. The summed E-state index contributed by atoms with van der Waals surface area (Å²) in [5.74, 6) is 1.37. The summed E-state index contributed by atoms with van der Waals surface area (Å²) in [5.41, 5.74) is 0. The molecular weight excluding hydrogens is 256 g/mol. The van der Waals surface area contributed by atoms with Crippen LogP contribution in [0.3, 0.4) is 0 Å². The van der Waals surface area contributed by atoms with Crippen molar-refractivity contribution in [2.24, 2.45) is 17.8 Å². The SMILES string of the molecule is CCC[C@H]1C[C@H]1C(=O)NCC1CCN(C(=O)CO)CC1. The van der Waals surface area contributed by atoms with Crippen LogP contribution in [0.15, 0.2) is 0 Å². The number of carbonyl (C=O) groups excluding carboxylic acids is 2. The Morgan fingerprint density at radius 2 is 2.00 bits per heavy atom. The number of hydrogen-bond donors (Lipinski definition) is 2. The van der Waals surface area contributed by atoms with Crippen LogP contribution in [0, 0.1) is 17.8 Å². The summed E-state index contributed by atoms with van der Waals surface area (Å²) in [5, 5.41) is 11.9. The van der Waals surface area contributed by atoms with Gasteiger partial charge < -0.3 is 15.3 Å². The monoisotopic (exact) mass is 282 g/mol. The lowest BCUT2D eigenvalue weighted by atomic mass is 9.96. The number of carbonyl (C=O) groups is 2. The van der Waals surface area contributed by atoms with Gasteiger partial charge in [0.2, 0.25) is 11.8 Å². The molecule has 0 aromatic carbocycles. The van der Waals surface area contributed by atoms with Crippen LogP contribution in [0.2, 0.25) is 0 Å². The first-order valence-electron chi connectivity index (χ1n) is 7.82. The zero-order chi connectivity index (χ0) is 14.5. The molecule has 114 valence electrons. The summed E-state index contributed by atoms with van der Waals surface area (Å²) in [6, 6.07) is 0. The van der Waals surface area contributed by atoms with Crippen LogP contribution in [0.4, 0.5) is 0 Å². The summed E-state index contributed by atoms with van der Waals surface area (Å²) in [6.45, 7) is 3.88. The number of nitrogens with one attached hydrogen (secondary N) is 1. The van der Waals surface area contributed by atoms with Crippen molar-refractivity contribution in [3.05, 3.63) is 0 Å². The van der Waals surface area contributed by atoms with E-state index in [-0.39, 0.29) is 17.7 Å². The van der Waals surface area contributed by atoms with Crippen LogP contribution in [-0.2, 0) is 9.59 Å². The highest BCUT2D eigenvalue weighted by atomic mass is 16.3. The lowest BCUT2D eigenvalue weighted by molar-refractivity contribution is -0.135. The molecule has 0 spiro atoms. The molecule has 2 rings (SSSR count). The zero-order valence-corrected chi connectivity index (χ0v) is 12.3. The smallest absolute Gasteiger partial charge is 0.248 e. The maximum Gasteiger partial charge on any atom is 0.248 e. The van der Waals surface area contributed by atoms with Crippen molar-refractivity contribution in [1.82, 2.24) is 10.2 Å². The number of hydrogen-bond acceptors (Lipinski definition) is 3. The number of rotatable bonds is 6. The van der Waals surface area contributed by atoms with Gasteiger partial charge in [-0.2, -0.15) is 0 Å². The maximum absolute atomic E-state index is 11.9. The molecule has 1 heterocycles. The number of aliphatic hydroxyl groups is 1. The molecule has 5 nitrogen and oxygen atoms in total. The van der Waals surface area contributed by atoms with Crippen molar-refractivity contribution < 1.29 is 14.7 Å². The van der Waals surface area contributed by atoms with Gasteiger partial charge in [0, 0.05) is 25.6 Å². The summed E-state index contributed by atoms with van der Waals surface area (Å²) >= 11 is 0. The summed E-state index contributed by atoms with van der Waals surface area (Å²) < 4.78 is 0. The zero-order valence-electron chi connectivity index (χ0n) is 12.3. The second-order valence-electron chi connectivity index (χ2n) is 6.12. The third-order valence-electron chi connectivity index (χ3n) is 4.59. The Bertz CT molecular complexity index is 351. The normalized spacial score (nSPS) is 26.4. The summed E-state index contributed by atoms with van der Waals surface area (Å²) in [4.78, 5) is 25.0. The number of likely N-dealkylation sites (tertiary alicyclic amines) is 1. The van der Waals surface area contributed by atoms with Crippen molar-refractivity contribution in [1.29, 1.82) is 0 Å². The molecule has 2 N–H and O–H groups in total. The van der Waals surface area contributed by atoms with Crippen LogP contribution in [0.25, 0.3) is 0 Å². The summed E-state index contributed by atoms with van der Waals surface area (Å²) in [6.07, 6.45) is 5.21. The fourth-order valence-corrected chi connectivity index (χ4v) is 3.12. The molecule has 2 amide bonds. The van der Waals surface area contributed by atoms with Gasteiger partial charge in [-0.3, -0.25) is 9.59 Å². The lowest BCUT2D eigenvalue weighted by Gasteiger charge is -2.31. The average molecular weight is 282 g/mol. The van der Waals surface area contributed by atoms with E-state index in [2.05, 4.69) is 12.2 Å². The highest BCUT2D eigenvalue weighted by Gasteiger charge is 2.41. The van der Waals surface area contributed by atoms with Gasteiger partial charge in [-0.05, 0) is 37.5 Å². The first kappa shape index (κ1) is 15.3. The fraction of sp³-hybridized carbons (Fsp3) is 0.867. The van der Waals surface area contributed by atoms with Gasteiger partial charge >= 0.3 is 0 Å². The second kappa shape index (κ2) is 7.07. The van der Waals surface area contributed by atoms with Gasteiger partial charge in [-0.1, -0.05) is 13.3 Å².